The highest BCUT2D eigenvalue weighted by Gasteiger charge is 2.49. The zero-order chi connectivity index (χ0) is 20.0. The van der Waals surface area contributed by atoms with Gasteiger partial charge in [-0.15, -0.1) is 0 Å². The number of hydrogen-bond acceptors (Lipinski definition) is 7. The third kappa shape index (κ3) is 4.01. The number of piperazine rings is 1. The number of hydrogen-bond donors (Lipinski definition) is 0. The molecule has 0 amide bonds. The topological polar surface area (TPSA) is 84.0 Å². The predicted octanol–water partition coefficient (Wildman–Crippen LogP) is 0.499. The molecule has 27 heavy (non-hydrogen) atoms. The second-order valence-electron chi connectivity index (χ2n) is 7.65. The van der Waals surface area contributed by atoms with E-state index in [1.807, 2.05) is 25.8 Å². The Morgan fingerprint density at radius 1 is 1.04 bits per heavy atom. The molecule has 1 aromatic rings. The van der Waals surface area contributed by atoms with Gasteiger partial charge in [-0.25, -0.2) is 16.8 Å². The lowest BCUT2D eigenvalue weighted by Gasteiger charge is -2.38. The van der Waals surface area contributed by atoms with Crippen molar-refractivity contribution in [2.45, 2.75) is 30.0 Å². The number of aryl methyl sites for hydroxylation is 2. The molecule has 0 aromatic heterocycles. The number of nitrogens with zero attached hydrogens (tertiary/aromatic N) is 2. The first-order valence-electron chi connectivity index (χ1n) is 9.07. The lowest BCUT2D eigenvalue weighted by molar-refractivity contribution is 0.122. The molecule has 3 rings (SSSR count). The number of likely N-dealkylation sites (N-methyl/N-ethyl adjacent to an activating group) is 1. The van der Waals surface area contributed by atoms with Gasteiger partial charge in [-0.3, -0.25) is 4.90 Å². The monoisotopic (exact) mass is 416 g/mol. The Morgan fingerprint density at radius 2 is 1.63 bits per heavy atom. The summed E-state index contributed by atoms with van der Waals surface area (Å²) in [5.74, 6) is -0.157. The largest absolute Gasteiger partial charge is 0.495 e. The zero-order valence-electron chi connectivity index (χ0n) is 16.3. The van der Waals surface area contributed by atoms with Gasteiger partial charge in [-0.1, -0.05) is 0 Å². The molecule has 0 N–H and O–H groups in total. The molecule has 0 bridgehead atoms. The third-order valence-electron chi connectivity index (χ3n) is 5.76. The van der Waals surface area contributed by atoms with Crippen molar-refractivity contribution in [3.8, 4) is 5.75 Å². The molecule has 2 fully saturated rings. The summed E-state index contributed by atoms with van der Waals surface area (Å²) in [6, 6.07) is 2.80. The summed E-state index contributed by atoms with van der Waals surface area (Å²) < 4.78 is 57.1. The van der Waals surface area contributed by atoms with Crippen molar-refractivity contribution in [3.63, 3.8) is 0 Å². The van der Waals surface area contributed by atoms with E-state index in [1.54, 1.807) is 12.1 Å². The van der Waals surface area contributed by atoms with Gasteiger partial charge in [-0.05, 0) is 44.2 Å². The lowest BCUT2D eigenvalue weighted by Crippen LogP contribution is -2.54. The minimum absolute atomic E-state index is 0.0920. The molecule has 0 aliphatic carbocycles. The molecular formula is C18H28N2O5S2. The molecule has 152 valence electrons. The van der Waals surface area contributed by atoms with Crippen molar-refractivity contribution in [2.24, 2.45) is 0 Å². The van der Waals surface area contributed by atoms with Crippen LogP contribution in [-0.4, -0.2) is 89.8 Å². The Kier molecular flexibility index (Phi) is 5.60. The molecule has 7 nitrogen and oxygen atoms in total. The lowest BCUT2D eigenvalue weighted by atomic mass is 10.1. The van der Waals surface area contributed by atoms with Gasteiger partial charge in [0.1, 0.15) is 10.6 Å². The molecule has 1 aromatic carbocycles. The van der Waals surface area contributed by atoms with Gasteiger partial charge in [0.2, 0.25) is 0 Å². The Morgan fingerprint density at radius 3 is 2.22 bits per heavy atom. The van der Waals surface area contributed by atoms with Crippen LogP contribution in [0.2, 0.25) is 0 Å². The Balaban J connectivity index is 2.02. The summed E-state index contributed by atoms with van der Waals surface area (Å²) in [5.41, 5.74) is 1.77. The third-order valence-corrected chi connectivity index (χ3v) is 9.90. The van der Waals surface area contributed by atoms with Crippen LogP contribution in [0, 0.1) is 13.8 Å². The number of rotatable bonds is 4. The maximum atomic E-state index is 13.5. The van der Waals surface area contributed by atoms with Crippen LogP contribution >= 0.6 is 0 Å². The average molecular weight is 417 g/mol. The summed E-state index contributed by atoms with van der Waals surface area (Å²) in [6.45, 7) is 6.69. The SMILES string of the molecule is COc1cc(C)c(C)cc1S(=O)(=O)[C@H]1CS(=O)(=O)C[C@@H]1N1CCN(C)CC1. The van der Waals surface area contributed by atoms with Gasteiger partial charge in [-0.2, -0.15) is 0 Å². The van der Waals surface area contributed by atoms with Crippen LogP contribution in [0.15, 0.2) is 17.0 Å². The molecule has 0 spiro atoms. The molecule has 0 radical (unpaired) electrons. The average Bonchev–Trinajstić information content (AvgIpc) is 2.94. The molecule has 2 aliphatic rings. The second-order valence-corrected chi connectivity index (χ2v) is 11.9. The predicted molar refractivity (Wildman–Crippen MR) is 105 cm³/mol. The fourth-order valence-electron chi connectivity index (χ4n) is 3.90. The van der Waals surface area contributed by atoms with Crippen molar-refractivity contribution in [1.29, 1.82) is 0 Å². The fourth-order valence-corrected chi connectivity index (χ4v) is 8.95. The highest BCUT2D eigenvalue weighted by Crippen LogP contribution is 2.35. The Labute approximate surface area is 162 Å². The highest BCUT2D eigenvalue weighted by atomic mass is 32.2. The van der Waals surface area contributed by atoms with E-state index in [2.05, 4.69) is 4.90 Å². The highest BCUT2D eigenvalue weighted by molar-refractivity contribution is 7.96. The standard InChI is InChI=1S/C18H28N2O5S2/c1-13-9-16(25-4)17(10-14(13)2)27(23,24)18-12-26(21,22)11-15(18)20-7-5-19(3)6-8-20/h9-10,15,18H,5-8,11-12H2,1-4H3/t15-,18-/m0/s1. The fraction of sp³-hybridized carbons (Fsp3) is 0.667. The van der Waals surface area contributed by atoms with Crippen molar-refractivity contribution < 1.29 is 21.6 Å². The number of methoxy groups -OCH3 is 1. The van der Waals surface area contributed by atoms with Gasteiger partial charge in [0.25, 0.3) is 0 Å². The smallest absolute Gasteiger partial charge is 0.187 e. The number of ether oxygens (including phenoxy) is 1. The maximum absolute atomic E-state index is 13.5. The van der Waals surface area contributed by atoms with Crippen molar-refractivity contribution >= 4 is 19.7 Å². The first-order valence-corrected chi connectivity index (χ1v) is 12.4. The van der Waals surface area contributed by atoms with E-state index in [-0.39, 0.29) is 22.2 Å². The summed E-state index contributed by atoms with van der Waals surface area (Å²) in [5, 5.41) is -0.970. The quantitative estimate of drug-likeness (QED) is 0.707. The van der Waals surface area contributed by atoms with E-state index >= 15 is 0 Å². The Hall–Kier alpha value is -1.16. The van der Waals surface area contributed by atoms with Gasteiger partial charge in [0.05, 0.1) is 23.9 Å². The molecule has 2 saturated heterocycles. The summed E-state index contributed by atoms with van der Waals surface area (Å²) in [7, 11) is -3.83. The van der Waals surface area contributed by atoms with Crippen LogP contribution in [-0.2, 0) is 19.7 Å². The van der Waals surface area contributed by atoms with E-state index in [1.165, 1.54) is 7.11 Å². The molecule has 2 atom stereocenters. The van der Waals surface area contributed by atoms with Gasteiger partial charge < -0.3 is 9.64 Å². The van der Waals surface area contributed by atoms with Crippen LogP contribution < -0.4 is 4.74 Å². The van der Waals surface area contributed by atoms with Gasteiger partial charge in [0, 0.05) is 32.2 Å². The van der Waals surface area contributed by atoms with Crippen LogP contribution in [0.4, 0.5) is 0 Å². The van der Waals surface area contributed by atoms with Gasteiger partial charge in [0.15, 0.2) is 19.7 Å². The van der Waals surface area contributed by atoms with Crippen LogP contribution in [0.25, 0.3) is 0 Å². The molecule has 9 heteroatoms. The van der Waals surface area contributed by atoms with Crippen molar-refractivity contribution in [3.05, 3.63) is 23.3 Å². The molecule has 2 aliphatic heterocycles. The summed E-state index contributed by atoms with van der Waals surface area (Å²) in [6.07, 6.45) is 0. The van der Waals surface area contributed by atoms with E-state index in [0.29, 0.717) is 13.1 Å². The number of benzene rings is 1. The van der Waals surface area contributed by atoms with E-state index in [4.69, 9.17) is 4.74 Å². The van der Waals surface area contributed by atoms with E-state index in [0.717, 1.165) is 24.2 Å². The minimum Gasteiger partial charge on any atom is -0.495 e. The summed E-state index contributed by atoms with van der Waals surface area (Å²) in [4.78, 5) is 4.28. The molecule has 0 unspecified atom stereocenters. The molecular weight excluding hydrogens is 388 g/mol. The van der Waals surface area contributed by atoms with E-state index < -0.39 is 31.0 Å². The minimum atomic E-state index is -3.86. The second kappa shape index (κ2) is 7.35. The Bertz CT molecular complexity index is 919. The van der Waals surface area contributed by atoms with Crippen LogP contribution in [0.1, 0.15) is 11.1 Å². The summed E-state index contributed by atoms with van der Waals surface area (Å²) >= 11 is 0. The van der Waals surface area contributed by atoms with Gasteiger partial charge >= 0.3 is 0 Å². The normalized spacial score (nSPS) is 27.0. The van der Waals surface area contributed by atoms with E-state index in [9.17, 15) is 16.8 Å². The zero-order valence-corrected chi connectivity index (χ0v) is 17.9. The molecule has 2 heterocycles. The maximum Gasteiger partial charge on any atom is 0.187 e. The number of sulfone groups is 2. The molecule has 0 saturated carbocycles. The van der Waals surface area contributed by atoms with Crippen molar-refractivity contribution in [2.75, 3.05) is 51.8 Å². The van der Waals surface area contributed by atoms with Crippen LogP contribution in [0.3, 0.4) is 0 Å². The van der Waals surface area contributed by atoms with Crippen molar-refractivity contribution in [1.82, 2.24) is 9.80 Å². The first kappa shape index (κ1) is 20.6. The van der Waals surface area contributed by atoms with Crippen LogP contribution in [0.5, 0.6) is 5.75 Å². The first-order chi connectivity index (χ1) is 12.5.